The highest BCUT2D eigenvalue weighted by molar-refractivity contribution is 5.47. The number of nitrogens with one attached hydrogen (secondary N) is 2. The van der Waals surface area contributed by atoms with Gasteiger partial charge in [0.2, 0.25) is 0 Å². The maximum absolute atomic E-state index is 5.17. The Morgan fingerprint density at radius 1 is 0.654 bits per heavy atom. The molecule has 0 aliphatic heterocycles. The predicted octanol–water partition coefficient (Wildman–Crippen LogP) is 4.32. The average molecular weight is 349 g/mol. The summed E-state index contributed by atoms with van der Waals surface area (Å²) >= 11 is 0. The van der Waals surface area contributed by atoms with E-state index in [-0.39, 0.29) is 0 Å². The average Bonchev–Trinajstić information content (AvgIpc) is 2.72. The summed E-state index contributed by atoms with van der Waals surface area (Å²) in [6.45, 7) is 1.34. The number of anilines is 2. The minimum Gasteiger partial charge on any atom is -0.497 e. The molecule has 0 spiro atoms. The molecule has 2 aromatic carbocycles. The van der Waals surface area contributed by atoms with Gasteiger partial charge in [-0.15, -0.1) is 0 Å². The van der Waals surface area contributed by atoms with Gasteiger partial charge in [-0.2, -0.15) is 0 Å². The molecule has 0 radical (unpaired) electrons. The summed E-state index contributed by atoms with van der Waals surface area (Å²) in [7, 11) is 3.33. The number of rotatable bonds is 8. The van der Waals surface area contributed by atoms with Crippen LogP contribution in [-0.2, 0) is 13.1 Å². The van der Waals surface area contributed by atoms with Crippen molar-refractivity contribution in [2.75, 3.05) is 24.9 Å². The van der Waals surface area contributed by atoms with Gasteiger partial charge in [0.25, 0.3) is 0 Å². The van der Waals surface area contributed by atoms with E-state index in [2.05, 4.69) is 10.6 Å². The molecule has 0 aliphatic carbocycles. The van der Waals surface area contributed by atoms with E-state index in [1.807, 2.05) is 66.7 Å². The van der Waals surface area contributed by atoms with Crippen molar-refractivity contribution in [2.24, 2.45) is 0 Å². The normalized spacial score (nSPS) is 10.2. The lowest BCUT2D eigenvalue weighted by Gasteiger charge is -2.10. The Bertz CT molecular complexity index is 751. The molecule has 3 aromatic rings. The first-order valence-corrected chi connectivity index (χ1v) is 8.47. The number of benzene rings is 2. The van der Waals surface area contributed by atoms with Crippen LogP contribution in [0.1, 0.15) is 11.4 Å². The van der Waals surface area contributed by atoms with Gasteiger partial charge in [0.15, 0.2) is 0 Å². The van der Waals surface area contributed by atoms with Crippen molar-refractivity contribution in [1.82, 2.24) is 4.98 Å². The van der Waals surface area contributed by atoms with Crippen molar-refractivity contribution in [1.29, 1.82) is 0 Å². The van der Waals surface area contributed by atoms with E-state index < -0.39 is 0 Å². The van der Waals surface area contributed by atoms with Gasteiger partial charge in [0, 0.05) is 11.4 Å². The number of methoxy groups -OCH3 is 2. The fourth-order valence-corrected chi connectivity index (χ4v) is 2.53. The largest absolute Gasteiger partial charge is 0.497 e. The van der Waals surface area contributed by atoms with Gasteiger partial charge in [0.05, 0.1) is 38.7 Å². The zero-order chi connectivity index (χ0) is 18.2. The summed E-state index contributed by atoms with van der Waals surface area (Å²) in [5.74, 6) is 1.69. The van der Waals surface area contributed by atoms with Gasteiger partial charge >= 0.3 is 0 Å². The van der Waals surface area contributed by atoms with Crippen LogP contribution < -0.4 is 20.1 Å². The molecule has 134 valence electrons. The third-order valence-electron chi connectivity index (χ3n) is 3.99. The lowest BCUT2D eigenvalue weighted by Crippen LogP contribution is -2.06. The fourth-order valence-electron chi connectivity index (χ4n) is 2.53. The Labute approximate surface area is 154 Å². The molecular formula is C21H23N3O2. The van der Waals surface area contributed by atoms with Crippen molar-refractivity contribution in [3.63, 3.8) is 0 Å². The zero-order valence-corrected chi connectivity index (χ0v) is 15.0. The molecule has 3 rings (SSSR count). The van der Waals surface area contributed by atoms with Gasteiger partial charge < -0.3 is 20.1 Å². The van der Waals surface area contributed by atoms with E-state index >= 15 is 0 Å². The van der Waals surface area contributed by atoms with Crippen molar-refractivity contribution in [3.8, 4) is 11.5 Å². The molecule has 26 heavy (non-hydrogen) atoms. The number of hydrogen-bond donors (Lipinski definition) is 2. The van der Waals surface area contributed by atoms with E-state index in [0.717, 1.165) is 34.3 Å². The quantitative estimate of drug-likeness (QED) is 0.634. The molecule has 5 nitrogen and oxygen atoms in total. The van der Waals surface area contributed by atoms with Gasteiger partial charge in [-0.3, -0.25) is 4.98 Å². The number of ether oxygens (including phenoxy) is 2. The van der Waals surface area contributed by atoms with E-state index in [0.29, 0.717) is 13.1 Å². The molecule has 5 heteroatoms. The van der Waals surface area contributed by atoms with Crippen LogP contribution in [0.5, 0.6) is 11.5 Å². The SMILES string of the molecule is COc1ccc(NCc2cccc(CNc3ccc(OC)cc3)n2)cc1. The molecule has 0 bridgehead atoms. The molecule has 0 aliphatic rings. The van der Waals surface area contributed by atoms with Crippen molar-refractivity contribution in [3.05, 3.63) is 78.1 Å². The van der Waals surface area contributed by atoms with Crippen LogP contribution >= 0.6 is 0 Å². The van der Waals surface area contributed by atoms with E-state index in [1.54, 1.807) is 14.2 Å². The summed E-state index contributed by atoms with van der Waals surface area (Å²) in [6.07, 6.45) is 0. The molecule has 0 unspecified atom stereocenters. The van der Waals surface area contributed by atoms with Crippen LogP contribution in [0.25, 0.3) is 0 Å². The monoisotopic (exact) mass is 349 g/mol. The van der Waals surface area contributed by atoms with E-state index in [1.165, 1.54) is 0 Å². The second-order valence-corrected chi connectivity index (χ2v) is 5.78. The maximum Gasteiger partial charge on any atom is 0.119 e. The third-order valence-corrected chi connectivity index (χ3v) is 3.99. The number of nitrogens with zero attached hydrogens (tertiary/aromatic N) is 1. The Kier molecular flexibility index (Phi) is 5.93. The van der Waals surface area contributed by atoms with Crippen LogP contribution in [0.4, 0.5) is 11.4 Å². The van der Waals surface area contributed by atoms with Crippen molar-refractivity contribution in [2.45, 2.75) is 13.1 Å². The molecule has 0 fully saturated rings. The maximum atomic E-state index is 5.17. The fraction of sp³-hybridized carbons (Fsp3) is 0.190. The molecule has 0 saturated carbocycles. The summed E-state index contributed by atoms with van der Waals surface area (Å²) in [5, 5.41) is 6.75. The molecular weight excluding hydrogens is 326 g/mol. The molecule has 0 amide bonds. The van der Waals surface area contributed by atoms with Gasteiger partial charge in [-0.25, -0.2) is 0 Å². The molecule has 2 N–H and O–H groups in total. The Balaban J connectivity index is 1.55. The third kappa shape index (κ3) is 4.89. The van der Waals surface area contributed by atoms with Crippen LogP contribution in [0.2, 0.25) is 0 Å². The molecule has 0 saturated heterocycles. The second-order valence-electron chi connectivity index (χ2n) is 5.78. The van der Waals surface area contributed by atoms with Crippen LogP contribution in [0.3, 0.4) is 0 Å². The number of pyridine rings is 1. The number of hydrogen-bond acceptors (Lipinski definition) is 5. The second kappa shape index (κ2) is 8.76. The summed E-state index contributed by atoms with van der Waals surface area (Å²) in [4.78, 5) is 4.70. The summed E-state index contributed by atoms with van der Waals surface area (Å²) in [5.41, 5.74) is 4.06. The highest BCUT2D eigenvalue weighted by Crippen LogP contribution is 2.17. The first-order chi connectivity index (χ1) is 12.8. The van der Waals surface area contributed by atoms with Crippen molar-refractivity contribution >= 4 is 11.4 Å². The topological polar surface area (TPSA) is 55.4 Å². The summed E-state index contributed by atoms with van der Waals surface area (Å²) < 4.78 is 10.3. The first kappa shape index (κ1) is 17.6. The van der Waals surface area contributed by atoms with Crippen molar-refractivity contribution < 1.29 is 9.47 Å². The lowest BCUT2D eigenvalue weighted by molar-refractivity contribution is 0.415. The van der Waals surface area contributed by atoms with Crippen LogP contribution in [0, 0.1) is 0 Å². The lowest BCUT2D eigenvalue weighted by atomic mass is 10.2. The predicted molar refractivity (Wildman–Crippen MR) is 105 cm³/mol. The minimum absolute atomic E-state index is 0.669. The Morgan fingerprint density at radius 3 is 1.46 bits per heavy atom. The van der Waals surface area contributed by atoms with E-state index in [4.69, 9.17) is 14.5 Å². The Morgan fingerprint density at radius 2 is 1.08 bits per heavy atom. The zero-order valence-electron chi connectivity index (χ0n) is 15.0. The standard InChI is InChI=1S/C21H23N3O2/c1-25-20-10-6-16(7-11-20)22-14-18-4-3-5-19(24-18)15-23-17-8-12-21(26-2)13-9-17/h3-13,22-23H,14-15H2,1-2H3. The highest BCUT2D eigenvalue weighted by Gasteiger charge is 2.00. The smallest absolute Gasteiger partial charge is 0.119 e. The molecule has 0 atom stereocenters. The van der Waals surface area contributed by atoms with Crippen LogP contribution in [0.15, 0.2) is 66.7 Å². The first-order valence-electron chi connectivity index (χ1n) is 8.47. The minimum atomic E-state index is 0.669. The van der Waals surface area contributed by atoms with E-state index in [9.17, 15) is 0 Å². The van der Waals surface area contributed by atoms with Crippen LogP contribution in [-0.4, -0.2) is 19.2 Å². The highest BCUT2D eigenvalue weighted by atomic mass is 16.5. The van der Waals surface area contributed by atoms with Gasteiger partial charge in [0.1, 0.15) is 11.5 Å². The summed E-state index contributed by atoms with van der Waals surface area (Å²) in [6, 6.07) is 21.8. The van der Waals surface area contributed by atoms with Gasteiger partial charge in [-0.05, 0) is 60.7 Å². The number of aromatic nitrogens is 1. The Hall–Kier alpha value is -3.21. The molecule has 1 aromatic heterocycles. The molecule has 1 heterocycles. The van der Waals surface area contributed by atoms with Gasteiger partial charge in [-0.1, -0.05) is 6.07 Å².